The van der Waals surface area contributed by atoms with Gasteiger partial charge in [0, 0.05) is 29.3 Å². The normalized spacial score (nSPS) is 20.6. The first kappa shape index (κ1) is 19.6. The first-order valence-corrected chi connectivity index (χ1v) is 11.3. The molecule has 0 aliphatic carbocycles. The van der Waals surface area contributed by atoms with Crippen LogP contribution in [-0.2, 0) is 0 Å². The molecule has 33 heavy (non-hydrogen) atoms. The lowest BCUT2D eigenvalue weighted by molar-refractivity contribution is 0.409. The molecule has 0 spiro atoms. The van der Waals surface area contributed by atoms with Crippen molar-refractivity contribution in [1.82, 2.24) is 4.98 Å². The standard InChI is InChI=1S/C29H25N3O/c1-3-24-20(2)29-31(21-12-6-4-7-13-21)27-18-23(33-22-14-8-5-9-15-22)19-30-28(27)32(29)26-17-11-10-16-25(24)26/h3-20,24,29H,1H2,2H3. The van der Waals surface area contributed by atoms with Crippen LogP contribution in [0.5, 0.6) is 11.5 Å². The van der Waals surface area contributed by atoms with E-state index in [4.69, 9.17) is 9.72 Å². The number of fused-ring (bicyclic) bond motifs is 5. The monoisotopic (exact) mass is 431 g/mol. The van der Waals surface area contributed by atoms with E-state index in [-0.39, 0.29) is 12.1 Å². The Balaban J connectivity index is 1.53. The molecule has 4 nitrogen and oxygen atoms in total. The van der Waals surface area contributed by atoms with Gasteiger partial charge < -0.3 is 14.5 Å². The number of para-hydroxylation sites is 3. The van der Waals surface area contributed by atoms with Gasteiger partial charge in [-0.25, -0.2) is 4.98 Å². The Morgan fingerprint density at radius 3 is 2.27 bits per heavy atom. The van der Waals surface area contributed by atoms with Crippen molar-refractivity contribution in [2.75, 3.05) is 9.80 Å². The largest absolute Gasteiger partial charge is 0.456 e. The van der Waals surface area contributed by atoms with E-state index < -0.39 is 0 Å². The van der Waals surface area contributed by atoms with Crippen molar-refractivity contribution in [2.45, 2.75) is 19.0 Å². The number of pyridine rings is 1. The molecule has 3 aromatic carbocycles. The lowest BCUT2D eigenvalue weighted by Gasteiger charge is -2.44. The second-order valence-corrected chi connectivity index (χ2v) is 8.60. The zero-order valence-corrected chi connectivity index (χ0v) is 18.5. The van der Waals surface area contributed by atoms with Crippen LogP contribution in [0, 0.1) is 5.92 Å². The highest BCUT2D eigenvalue weighted by atomic mass is 16.5. The summed E-state index contributed by atoms with van der Waals surface area (Å²) in [5.41, 5.74) is 4.67. The number of hydrogen-bond acceptors (Lipinski definition) is 4. The summed E-state index contributed by atoms with van der Waals surface area (Å²) in [6.07, 6.45) is 3.99. The molecule has 0 N–H and O–H groups in total. The zero-order chi connectivity index (χ0) is 22.4. The number of ether oxygens (including phenoxy) is 1. The van der Waals surface area contributed by atoms with Crippen LogP contribution in [-0.4, -0.2) is 11.1 Å². The van der Waals surface area contributed by atoms with E-state index in [2.05, 4.69) is 90.0 Å². The quantitative estimate of drug-likeness (QED) is 0.315. The molecule has 0 saturated heterocycles. The Labute approximate surface area is 194 Å². The fraction of sp³-hybridized carbons (Fsp3) is 0.138. The third kappa shape index (κ3) is 3.10. The van der Waals surface area contributed by atoms with Crippen LogP contribution in [0.1, 0.15) is 18.4 Å². The second-order valence-electron chi connectivity index (χ2n) is 8.60. The van der Waals surface area contributed by atoms with Crippen LogP contribution in [0.25, 0.3) is 0 Å². The molecule has 0 saturated carbocycles. The molecule has 2 aliphatic rings. The van der Waals surface area contributed by atoms with Crippen molar-refractivity contribution in [3.63, 3.8) is 0 Å². The maximum absolute atomic E-state index is 6.16. The summed E-state index contributed by atoms with van der Waals surface area (Å²) in [7, 11) is 0. The molecule has 0 fully saturated rings. The first-order chi connectivity index (χ1) is 16.3. The lowest BCUT2D eigenvalue weighted by atomic mass is 9.80. The maximum atomic E-state index is 6.16. The smallest absolute Gasteiger partial charge is 0.159 e. The number of nitrogens with zero attached hydrogens (tertiary/aromatic N) is 3. The highest BCUT2D eigenvalue weighted by Gasteiger charge is 2.48. The van der Waals surface area contributed by atoms with Crippen LogP contribution in [0.15, 0.2) is 110 Å². The average molecular weight is 432 g/mol. The Hall–Kier alpha value is -4.05. The summed E-state index contributed by atoms with van der Waals surface area (Å²) < 4.78 is 6.16. The van der Waals surface area contributed by atoms with Crippen molar-refractivity contribution in [1.29, 1.82) is 0 Å². The molecule has 2 aliphatic heterocycles. The number of benzene rings is 3. The van der Waals surface area contributed by atoms with E-state index in [0.29, 0.717) is 5.92 Å². The molecule has 162 valence electrons. The molecule has 0 bridgehead atoms. The molecule has 3 atom stereocenters. The van der Waals surface area contributed by atoms with E-state index in [1.165, 1.54) is 11.3 Å². The fourth-order valence-corrected chi connectivity index (χ4v) is 5.26. The van der Waals surface area contributed by atoms with E-state index in [0.717, 1.165) is 28.7 Å². The topological polar surface area (TPSA) is 28.6 Å². The predicted molar refractivity (Wildman–Crippen MR) is 134 cm³/mol. The third-order valence-corrected chi connectivity index (χ3v) is 6.70. The lowest BCUT2D eigenvalue weighted by Crippen LogP contribution is -2.48. The Morgan fingerprint density at radius 1 is 0.818 bits per heavy atom. The van der Waals surface area contributed by atoms with E-state index in [1.807, 2.05) is 36.5 Å². The van der Waals surface area contributed by atoms with Crippen LogP contribution in [0.2, 0.25) is 0 Å². The Morgan fingerprint density at radius 2 is 1.52 bits per heavy atom. The molecular weight excluding hydrogens is 406 g/mol. The summed E-state index contributed by atoms with van der Waals surface area (Å²) in [6, 6.07) is 31.1. The highest BCUT2D eigenvalue weighted by Crippen LogP contribution is 2.56. The van der Waals surface area contributed by atoms with Crippen LogP contribution in [0.4, 0.5) is 22.9 Å². The zero-order valence-electron chi connectivity index (χ0n) is 18.5. The van der Waals surface area contributed by atoms with Crippen LogP contribution in [0.3, 0.4) is 0 Å². The number of anilines is 4. The molecule has 6 rings (SSSR count). The summed E-state index contributed by atoms with van der Waals surface area (Å²) in [4.78, 5) is 9.72. The van der Waals surface area contributed by atoms with Gasteiger partial charge >= 0.3 is 0 Å². The minimum absolute atomic E-state index is 0.0831. The van der Waals surface area contributed by atoms with Crippen molar-refractivity contribution in [3.05, 3.63) is 115 Å². The molecule has 3 heterocycles. The van der Waals surface area contributed by atoms with E-state index >= 15 is 0 Å². The van der Waals surface area contributed by atoms with Gasteiger partial charge in [-0.15, -0.1) is 6.58 Å². The molecular formula is C29H25N3O. The Bertz CT molecular complexity index is 1310. The van der Waals surface area contributed by atoms with Gasteiger partial charge in [0.25, 0.3) is 0 Å². The number of hydrogen-bond donors (Lipinski definition) is 0. The molecule has 4 heteroatoms. The highest BCUT2D eigenvalue weighted by molar-refractivity contribution is 5.88. The number of aromatic nitrogens is 1. The predicted octanol–water partition coefficient (Wildman–Crippen LogP) is 7.41. The summed E-state index contributed by atoms with van der Waals surface area (Å²) in [5, 5.41) is 0. The van der Waals surface area contributed by atoms with Crippen LogP contribution < -0.4 is 14.5 Å². The average Bonchev–Trinajstić information content (AvgIpc) is 3.21. The maximum Gasteiger partial charge on any atom is 0.159 e. The molecule has 0 radical (unpaired) electrons. The van der Waals surface area contributed by atoms with Gasteiger partial charge in [-0.3, -0.25) is 0 Å². The van der Waals surface area contributed by atoms with Gasteiger partial charge in [0.15, 0.2) is 5.82 Å². The van der Waals surface area contributed by atoms with Crippen LogP contribution >= 0.6 is 0 Å². The van der Waals surface area contributed by atoms with Gasteiger partial charge in [-0.05, 0) is 35.9 Å². The van der Waals surface area contributed by atoms with Crippen molar-refractivity contribution in [2.24, 2.45) is 5.92 Å². The number of allylic oxidation sites excluding steroid dienone is 1. The summed E-state index contributed by atoms with van der Waals surface area (Å²) in [6.45, 7) is 6.49. The summed E-state index contributed by atoms with van der Waals surface area (Å²) >= 11 is 0. The van der Waals surface area contributed by atoms with Gasteiger partial charge in [0.2, 0.25) is 0 Å². The molecule has 0 amide bonds. The first-order valence-electron chi connectivity index (χ1n) is 11.3. The molecule has 3 unspecified atom stereocenters. The van der Waals surface area contributed by atoms with Gasteiger partial charge in [0.05, 0.1) is 11.9 Å². The number of rotatable bonds is 4. The minimum Gasteiger partial charge on any atom is -0.456 e. The third-order valence-electron chi connectivity index (χ3n) is 6.70. The SMILES string of the molecule is C=CC1c2ccccc2N2c3ncc(Oc4ccccc4)cc3N(c3ccccc3)C2C1C. The van der Waals surface area contributed by atoms with Crippen molar-refractivity contribution in [3.8, 4) is 11.5 Å². The van der Waals surface area contributed by atoms with E-state index in [9.17, 15) is 0 Å². The molecule has 1 aromatic heterocycles. The van der Waals surface area contributed by atoms with Gasteiger partial charge in [-0.2, -0.15) is 0 Å². The summed E-state index contributed by atoms with van der Waals surface area (Å²) in [5.74, 6) is 3.02. The van der Waals surface area contributed by atoms with Gasteiger partial charge in [0.1, 0.15) is 17.7 Å². The van der Waals surface area contributed by atoms with E-state index in [1.54, 1.807) is 0 Å². The second kappa shape index (κ2) is 7.82. The Kier molecular flexibility index (Phi) is 4.65. The fourth-order valence-electron chi connectivity index (χ4n) is 5.26. The minimum atomic E-state index is 0.0831. The van der Waals surface area contributed by atoms with Gasteiger partial charge in [-0.1, -0.05) is 67.6 Å². The van der Waals surface area contributed by atoms with Crippen molar-refractivity contribution >= 4 is 22.9 Å². The molecule has 4 aromatic rings. The van der Waals surface area contributed by atoms with Crippen molar-refractivity contribution < 1.29 is 4.74 Å².